The molecule has 0 aliphatic heterocycles. The summed E-state index contributed by atoms with van der Waals surface area (Å²) in [5, 5.41) is 10.1. The molecule has 2 aromatic carbocycles. The van der Waals surface area contributed by atoms with Gasteiger partial charge in [-0.25, -0.2) is 9.37 Å². The van der Waals surface area contributed by atoms with Gasteiger partial charge in [0.25, 0.3) is 0 Å². The average Bonchev–Trinajstić information content (AvgIpc) is 2.82. The van der Waals surface area contributed by atoms with E-state index in [2.05, 4.69) is 25.9 Å². The first-order chi connectivity index (χ1) is 9.60. The maximum absolute atomic E-state index is 13.5. The van der Waals surface area contributed by atoms with Gasteiger partial charge in [0, 0.05) is 6.07 Å². The molecule has 3 rings (SSSR count). The third-order valence-corrected chi connectivity index (χ3v) is 3.61. The van der Waals surface area contributed by atoms with E-state index >= 15 is 0 Å². The highest BCUT2D eigenvalue weighted by Gasteiger charge is 2.14. The molecule has 0 amide bonds. The number of hydrogen-bond acceptors (Lipinski definition) is 3. The van der Waals surface area contributed by atoms with E-state index in [9.17, 15) is 9.50 Å². The Hall–Kier alpha value is -2.08. The van der Waals surface area contributed by atoms with Crippen LogP contribution in [0.1, 0.15) is 0 Å². The van der Waals surface area contributed by atoms with E-state index in [1.54, 1.807) is 24.3 Å². The van der Waals surface area contributed by atoms with E-state index in [-0.39, 0.29) is 11.6 Å². The second-order valence-electron chi connectivity index (χ2n) is 4.23. The van der Waals surface area contributed by atoms with Gasteiger partial charge in [-0.3, -0.25) is 0 Å². The van der Waals surface area contributed by atoms with Crippen LogP contribution in [0.3, 0.4) is 0 Å². The largest absolute Gasteiger partial charge is 0.504 e. The number of phenols is 1. The lowest BCUT2D eigenvalue weighted by molar-refractivity contribution is 0.374. The number of fused-ring (bicyclic) bond motifs is 1. The number of nitrogens with one attached hydrogen (secondary N) is 1. The van der Waals surface area contributed by atoms with Crippen LogP contribution in [0, 0.1) is 5.82 Å². The standard InChI is InChI=1S/C14H10BrFN2O2/c1-20-12-4-2-3-7(13(12)19)14-17-10-5-8(15)9(16)6-11(10)18-14/h2-6,19H,1H3,(H,17,18). The minimum Gasteiger partial charge on any atom is -0.504 e. The van der Waals surface area contributed by atoms with Gasteiger partial charge in [-0.1, -0.05) is 6.07 Å². The minimum absolute atomic E-state index is 0.00593. The highest BCUT2D eigenvalue weighted by atomic mass is 79.9. The second-order valence-corrected chi connectivity index (χ2v) is 5.08. The van der Waals surface area contributed by atoms with Crippen LogP contribution >= 0.6 is 15.9 Å². The van der Waals surface area contributed by atoms with Crippen LogP contribution in [0.2, 0.25) is 0 Å². The fourth-order valence-corrected chi connectivity index (χ4v) is 2.34. The van der Waals surface area contributed by atoms with Crippen LogP contribution in [0.4, 0.5) is 4.39 Å². The lowest BCUT2D eigenvalue weighted by Crippen LogP contribution is -1.87. The van der Waals surface area contributed by atoms with Gasteiger partial charge in [0.05, 0.1) is 28.2 Å². The number of hydrogen-bond donors (Lipinski definition) is 2. The summed E-state index contributed by atoms with van der Waals surface area (Å²) in [6.45, 7) is 0. The van der Waals surface area contributed by atoms with E-state index in [4.69, 9.17) is 4.74 Å². The van der Waals surface area contributed by atoms with Crippen molar-refractivity contribution in [2.45, 2.75) is 0 Å². The molecule has 0 spiro atoms. The van der Waals surface area contributed by atoms with Crippen molar-refractivity contribution in [3.8, 4) is 22.9 Å². The predicted molar refractivity (Wildman–Crippen MR) is 77.4 cm³/mol. The lowest BCUT2D eigenvalue weighted by Gasteiger charge is -2.06. The van der Waals surface area contributed by atoms with Gasteiger partial charge < -0.3 is 14.8 Å². The SMILES string of the molecule is COc1cccc(-c2nc3cc(Br)c(F)cc3[nH]2)c1O. The molecule has 0 aliphatic rings. The number of H-pyrrole nitrogens is 1. The Bertz CT molecular complexity index is 762. The zero-order valence-corrected chi connectivity index (χ0v) is 12.0. The molecule has 1 aromatic heterocycles. The monoisotopic (exact) mass is 336 g/mol. The highest BCUT2D eigenvalue weighted by molar-refractivity contribution is 9.10. The molecular formula is C14H10BrFN2O2. The first kappa shape index (κ1) is 12.9. The van der Waals surface area contributed by atoms with Gasteiger partial charge in [0.1, 0.15) is 11.6 Å². The molecule has 0 unspecified atom stereocenters. The Morgan fingerprint density at radius 1 is 1.35 bits per heavy atom. The summed E-state index contributed by atoms with van der Waals surface area (Å²) in [6.07, 6.45) is 0. The number of imidazole rings is 1. The van der Waals surface area contributed by atoms with E-state index in [0.29, 0.717) is 32.6 Å². The number of phenolic OH excluding ortho intramolecular Hbond substituents is 1. The number of rotatable bonds is 2. The number of para-hydroxylation sites is 1. The van der Waals surface area contributed by atoms with Crippen molar-refractivity contribution in [2.24, 2.45) is 0 Å². The van der Waals surface area contributed by atoms with E-state index in [0.717, 1.165) is 0 Å². The van der Waals surface area contributed by atoms with Gasteiger partial charge in [-0.05, 0) is 34.1 Å². The van der Waals surface area contributed by atoms with Crippen molar-refractivity contribution in [1.29, 1.82) is 0 Å². The molecule has 6 heteroatoms. The third-order valence-electron chi connectivity index (χ3n) is 3.00. The Morgan fingerprint density at radius 3 is 2.90 bits per heavy atom. The van der Waals surface area contributed by atoms with E-state index in [1.165, 1.54) is 13.2 Å². The van der Waals surface area contributed by atoms with Crippen LogP contribution in [0.5, 0.6) is 11.5 Å². The summed E-state index contributed by atoms with van der Waals surface area (Å²) in [5.41, 5.74) is 1.66. The van der Waals surface area contributed by atoms with Crippen LogP contribution in [-0.2, 0) is 0 Å². The summed E-state index contributed by atoms with van der Waals surface area (Å²) in [7, 11) is 1.48. The fourth-order valence-electron chi connectivity index (χ4n) is 2.01. The number of aromatic amines is 1. The number of halogens is 2. The normalized spacial score (nSPS) is 10.9. The van der Waals surface area contributed by atoms with Crippen LogP contribution in [0.25, 0.3) is 22.4 Å². The minimum atomic E-state index is -0.373. The number of benzene rings is 2. The summed E-state index contributed by atoms with van der Waals surface area (Å²) in [5.74, 6) is 0.431. The van der Waals surface area contributed by atoms with Gasteiger partial charge >= 0.3 is 0 Å². The first-order valence-electron chi connectivity index (χ1n) is 5.81. The van der Waals surface area contributed by atoms with E-state index < -0.39 is 0 Å². The third kappa shape index (κ3) is 2.02. The summed E-state index contributed by atoms with van der Waals surface area (Å²) >= 11 is 3.12. The molecule has 1 heterocycles. The topological polar surface area (TPSA) is 58.1 Å². The van der Waals surface area contributed by atoms with Gasteiger partial charge in [0.15, 0.2) is 11.5 Å². The Balaban J connectivity index is 2.20. The molecule has 2 N–H and O–H groups in total. The van der Waals surface area contributed by atoms with Gasteiger partial charge in [-0.15, -0.1) is 0 Å². The highest BCUT2D eigenvalue weighted by Crippen LogP contribution is 2.36. The number of nitrogens with zero attached hydrogens (tertiary/aromatic N) is 1. The van der Waals surface area contributed by atoms with Gasteiger partial charge in [-0.2, -0.15) is 0 Å². The molecule has 3 aromatic rings. The zero-order chi connectivity index (χ0) is 14.3. The summed E-state index contributed by atoms with van der Waals surface area (Å²) in [6, 6.07) is 8.05. The van der Waals surface area contributed by atoms with Crippen molar-refractivity contribution in [2.75, 3.05) is 7.11 Å². The Morgan fingerprint density at radius 2 is 2.15 bits per heavy atom. The van der Waals surface area contributed by atoms with Crippen molar-refractivity contribution < 1.29 is 14.2 Å². The number of aromatic nitrogens is 2. The van der Waals surface area contributed by atoms with Crippen molar-refractivity contribution in [1.82, 2.24) is 9.97 Å². The zero-order valence-electron chi connectivity index (χ0n) is 10.4. The summed E-state index contributed by atoms with van der Waals surface area (Å²) in [4.78, 5) is 7.34. The number of aromatic hydroxyl groups is 1. The van der Waals surface area contributed by atoms with Crippen LogP contribution in [0.15, 0.2) is 34.8 Å². The van der Waals surface area contributed by atoms with Crippen LogP contribution < -0.4 is 4.74 Å². The molecular weight excluding hydrogens is 327 g/mol. The lowest BCUT2D eigenvalue weighted by atomic mass is 10.2. The van der Waals surface area contributed by atoms with Crippen molar-refractivity contribution in [3.63, 3.8) is 0 Å². The van der Waals surface area contributed by atoms with Crippen molar-refractivity contribution in [3.05, 3.63) is 40.6 Å². The molecule has 0 bridgehead atoms. The molecule has 0 aliphatic carbocycles. The van der Waals surface area contributed by atoms with Crippen LogP contribution in [-0.4, -0.2) is 22.2 Å². The molecule has 0 saturated carbocycles. The fraction of sp³-hybridized carbons (Fsp3) is 0.0714. The second kappa shape index (κ2) is 4.79. The maximum atomic E-state index is 13.5. The molecule has 102 valence electrons. The summed E-state index contributed by atoms with van der Waals surface area (Å²) < 4.78 is 18.9. The smallest absolute Gasteiger partial charge is 0.168 e. The average molecular weight is 337 g/mol. The maximum Gasteiger partial charge on any atom is 0.168 e. The Kier molecular flexibility index (Phi) is 3.10. The number of methoxy groups -OCH3 is 1. The molecule has 0 saturated heterocycles. The quantitative estimate of drug-likeness (QED) is 0.747. The number of ether oxygens (including phenoxy) is 1. The molecule has 20 heavy (non-hydrogen) atoms. The first-order valence-corrected chi connectivity index (χ1v) is 6.60. The molecule has 0 radical (unpaired) electrons. The van der Waals surface area contributed by atoms with E-state index in [1.807, 2.05) is 0 Å². The molecule has 4 nitrogen and oxygen atoms in total. The molecule has 0 atom stereocenters. The Labute approximate surface area is 122 Å². The predicted octanol–water partition coefficient (Wildman–Crippen LogP) is 3.85. The molecule has 0 fully saturated rings. The van der Waals surface area contributed by atoms with Crippen molar-refractivity contribution >= 4 is 27.0 Å². The van der Waals surface area contributed by atoms with Gasteiger partial charge in [0.2, 0.25) is 0 Å².